The van der Waals surface area contributed by atoms with Crippen LogP contribution < -0.4 is 5.69 Å². The van der Waals surface area contributed by atoms with Crippen LogP contribution in [0.15, 0.2) is 4.79 Å². The molecule has 0 aliphatic carbocycles. The number of aromatic nitrogens is 3. The van der Waals surface area contributed by atoms with E-state index in [4.69, 9.17) is 4.55 Å². The number of nitrogens with zero attached hydrogens (tertiary/aromatic N) is 3. The van der Waals surface area contributed by atoms with Crippen molar-refractivity contribution in [3.05, 3.63) is 16.3 Å². The van der Waals surface area contributed by atoms with E-state index < -0.39 is 36.1 Å². The Morgan fingerprint density at radius 1 is 1.56 bits per heavy atom. The first kappa shape index (κ1) is 13.3. The molecule has 10 heteroatoms. The summed E-state index contributed by atoms with van der Waals surface area (Å²) >= 11 is -2.76. The highest BCUT2D eigenvalue weighted by molar-refractivity contribution is 7.74. The van der Waals surface area contributed by atoms with Crippen molar-refractivity contribution in [2.75, 3.05) is 6.61 Å². The molecule has 1 aromatic heterocycles. The van der Waals surface area contributed by atoms with E-state index in [-0.39, 0.29) is 0 Å². The zero-order valence-corrected chi connectivity index (χ0v) is 10.0. The fraction of sp³-hybridized carbons (Fsp3) is 0.750. The highest BCUT2D eigenvalue weighted by atomic mass is 32.2. The summed E-state index contributed by atoms with van der Waals surface area (Å²) in [5.41, 5.74) is -0.590. The van der Waals surface area contributed by atoms with Crippen LogP contribution in [0.4, 0.5) is 8.78 Å². The van der Waals surface area contributed by atoms with Crippen LogP contribution in [0, 0.1) is 0 Å². The van der Waals surface area contributed by atoms with E-state index in [1.807, 2.05) is 0 Å². The predicted molar refractivity (Wildman–Crippen MR) is 56.5 cm³/mol. The van der Waals surface area contributed by atoms with Crippen LogP contribution in [-0.4, -0.2) is 35.6 Å². The first-order valence-electron chi connectivity index (χ1n) is 5.17. The van der Waals surface area contributed by atoms with Crippen LogP contribution in [0.3, 0.4) is 0 Å². The van der Waals surface area contributed by atoms with E-state index in [1.165, 1.54) is 4.57 Å². The van der Waals surface area contributed by atoms with Crippen molar-refractivity contribution in [3.8, 4) is 0 Å². The molecule has 0 bridgehead atoms. The average molecular weight is 283 g/mol. The van der Waals surface area contributed by atoms with Crippen molar-refractivity contribution in [1.29, 1.82) is 0 Å². The van der Waals surface area contributed by atoms with Crippen LogP contribution in [0.2, 0.25) is 0 Å². The van der Waals surface area contributed by atoms with E-state index in [0.717, 1.165) is 6.42 Å². The van der Waals surface area contributed by atoms with Crippen molar-refractivity contribution < 1.29 is 21.7 Å². The Kier molecular flexibility index (Phi) is 3.59. The maximum absolute atomic E-state index is 13.3. The van der Waals surface area contributed by atoms with E-state index in [2.05, 4.69) is 9.28 Å². The van der Waals surface area contributed by atoms with E-state index in [9.17, 15) is 17.8 Å². The van der Waals surface area contributed by atoms with Crippen LogP contribution in [0.5, 0.6) is 0 Å². The molecule has 0 saturated carbocycles. The van der Waals surface area contributed by atoms with Crippen molar-refractivity contribution in [2.24, 2.45) is 0 Å². The fourth-order valence-electron chi connectivity index (χ4n) is 1.80. The quantitative estimate of drug-likeness (QED) is 0.755. The Hall–Kier alpha value is -1.13. The van der Waals surface area contributed by atoms with Gasteiger partial charge in [-0.15, -0.1) is 0 Å². The minimum atomic E-state index is -3.43. The molecule has 7 nitrogen and oxygen atoms in total. The van der Waals surface area contributed by atoms with Gasteiger partial charge in [0.05, 0.1) is 0 Å². The summed E-state index contributed by atoms with van der Waals surface area (Å²) in [6.07, 6.45) is 1.37. The Bertz CT molecular complexity index is 527. The molecule has 0 aromatic carbocycles. The lowest BCUT2D eigenvalue weighted by atomic mass is 10.3. The third-order valence-electron chi connectivity index (χ3n) is 2.53. The topological polar surface area (TPSA) is 86.3 Å². The molecule has 1 atom stereocenters. The minimum absolute atomic E-state index is 0.483. The Labute approximate surface area is 103 Å². The lowest BCUT2D eigenvalue weighted by Crippen LogP contribution is -2.36. The zero-order chi connectivity index (χ0) is 13.3. The second-order valence-electron chi connectivity index (χ2n) is 3.95. The lowest BCUT2D eigenvalue weighted by Gasteiger charge is -2.13. The molecular formula is C8H11F2N3O4S. The first-order chi connectivity index (χ1) is 8.39. The van der Waals surface area contributed by atoms with Gasteiger partial charge in [0.15, 0.2) is 0 Å². The third kappa shape index (κ3) is 2.82. The van der Waals surface area contributed by atoms with Crippen LogP contribution in [0.1, 0.15) is 12.2 Å². The number of halogens is 2. The van der Waals surface area contributed by atoms with Gasteiger partial charge in [0.1, 0.15) is 19.0 Å². The molecule has 1 aliphatic heterocycles. The second-order valence-corrected chi connectivity index (χ2v) is 4.62. The molecule has 0 fully saturated rings. The standard InChI is InChI=1S/C8H11F2N3O4S/c9-8(10,5-17-18(15)16)4-13-7(14)12-3-1-2-6(12)11-13/h1-5H2,(H,15,16). The van der Waals surface area contributed by atoms with Gasteiger partial charge in [-0.05, 0) is 6.42 Å². The monoisotopic (exact) mass is 283 g/mol. The molecule has 1 N–H and O–H groups in total. The molecule has 2 rings (SSSR count). The Morgan fingerprint density at radius 2 is 2.28 bits per heavy atom. The number of alkyl halides is 2. The summed E-state index contributed by atoms with van der Waals surface area (Å²) in [6.45, 7) is -1.73. The van der Waals surface area contributed by atoms with Gasteiger partial charge in [0.2, 0.25) is 0 Å². The van der Waals surface area contributed by atoms with Gasteiger partial charge >= 0.3 is 17.1 Å². The zero-order valence-electron chi connectivity index (χ0n) is 9.21. The van der Waals surface area contributed by atoms with Gasteiger partial charge in [0, 0.05) is 13.0 Å². The third-order valence-corrected chi connectivity index (χ3v) is 2.85. The predicted octanol–water partition coefficient (Wildman–Crippen LogP) is -0.220. The second kappa shape index (κ2) is 4.86. The summed E-state index contributed by atoms with van der Waals surface area (Å²) in [4.78, 5) is 11.7. The SMILES string of the molecule is O=c1n(CC(F)(F)COS(=O)O)nc2n1CCC2. The maximum atomic E-state index is 13.3. The molecule has 0 radical (unpaired) electrons. The van der Waals surface area contributed by atoms with Crippen molar-refractivity contribution in [2.45, 2.75) is 31.9 Å². The van der Waals surface area contributed by atoms with Crippen molar-refractivity contribution >= 4 is 11.4 Å². The van der Waals surface area contributed by atoms with E-state index in [1.54, 1.807) is 0 Å². The van der Waals surface area contributed by atoms with Crippen LogP contribution in [-0.2, 0) is 35.1 Å². The van der Waals surface area contributed by atoms with E-state index >= 15 is 0 Å². The van der Waals surface area contributed by atoms with E-state index in [0.29, 0.717) is 23.5 Å². The van der Waals surface area contributed by atoms with Crippen LogP contribution >= 0.6 is 0 Å². The van der Waals surface area contributed by atoms with Gasteiger partial charge in [-0.25, -0.2) is 18.3 Å². The smallest absolute Gasteiger partial charge is 0.284 e. The molecule has 0 saturated heterocycles. The number of aryl methyl sites for hydroxylation is 1. The lowest BCUT2D eigenvalue weighted by molar-refractivity contribution is -0.0567. The summed E-state index contributed by atoms with van der Waals surface area (Å²) < 4.78 is 51.0. The molecule has 2 heterocycles. The fourth-order valence-corrected chi connectivity index (χ4v) is 2.07. The van der Waals surface area contributed by atoms with Crippen molar-refractivity contribution in [1.82, 2.24) is 14.3 Å². The molecule has 0 amide bonds. The summed E-state index contributed by atoms with van der Waals surface area (Å²) in [5, 5.41) is 3.80. The molecule has 1 aliphatic rings. The number of fused-ring (bicyclic) bond motifs is 1. The van der Waals surface area contributed by atoms with Gasteiger partial charge in [-0.1, -0.05) is 0 Å². The number of hydrogen-bond donors (Lipinski definition) is 1. The molecular weight excluding hydrogens is 272 g/mol. The summed E-state index contributed by atoms with van der Waals surface area (Å²) in [5.74, 6) is -2.94. The molecule has 18 heavy (non-hydrogen) atoms. The molecule has 1 aromatic rings. The molecule has 102 valence electrons. The largest absolute Gasteiger partial charge is 0.346 e. The van der Waals surface area contributed by atoms with Crippen molar-refractivity contribution in [3.63, 3.8) is 0 Å². The first-order valence-corrected chi connectivity index (χ1v) is 6.21. The number of rotatable bonds is 5. The number of hydrogen-bond acceptors (Lipinski definition) is 4. The highest BCUT2D eigenvalue weighted by Gasteiger charge is 2.33. The van der Waals surface area contributed by atoms with Crippen LogP contribution in [0.25, 0.3) is 0 Å². The summed E-state index contributed by atoms with van der Waals surface area (Å²) in [7, 11) is 0. The minimum Gasteiger partial charge on any atom is -0.284 e. The van der Waals surface area contributed by atoms with Gasteiger partial charge in [-0.3, -0.25) is 13.3 Å². The van der Waals surface area contributed by atoms with Gasteiger partial charge in [-0.2, -0.15) is 9.31 Å². The molecule has 0 spiro atoms. The Balaban J connectivity index is 2.09. The highest BCUT2D eigenvalue weighted by Crippen LogP contribution is 2.17. The van der Waals surface area contributed by atoms with Gasteiger partial charge < -0.3 is 0 Å². The Morgan fingerprint density at radius 3 is 2.89 bits per heavy atom. The summed E-state index contributed by atoms with van der Waals surface area (Å²) in [6, 6.07) is 0. The van der Waals surface area contributed by atoms with Gasteiger partial charge in [0.25, 0.3) is 5.92 Å². The average Bonchev–Trinajstić information content (AvgIpc) is 2.81. The molecule has 1 unspecified atom stereocenters. The normalized spacial score (nSPS) is 16.8. The maximum Gasteiger partial charge on any atom is 0.346 e.